The fourth-order valence-corrected chi connectivity index (χ4v) is 2.45. The smallest absolute Gasteiger partial charge is 0.145 e. The highest BCUT2D eigenvalue weighted by atomic mass is 35.5. The lowest BCUT2D eigenvalue weighted by atomic mass is 10.1. The van der Waals surface area contributed by atoms with Crippen LogP contribution in [0.1, 0.15) is 16.3 Å². The normalized spacial score (nSPS) is 10.2. The maximum atomic E-state index is 13.6. The van der Waals surface area contributed by atoms with Crippen LogP contribution in [0.3, 0.4) is 0 Å². The summed E-state index contributed by atoms with van der Waals surface area (Å²) in [5.41, 5.74) is 1.25. The molecule has 0 unspecified atom stereocenters. The van der Waals surface area contributed by atoms with Gasteiger partial charge in [-0.25, -0.2) is 9.37 Å². The molecule has 0 amide bonds. The molecule has 0 aliphatic rings. The zero-order valence-corrected chi connectivity index (χ0v) is 10.4. The first-order chi connectivity index (χ1) is 8.20. The van der Waals surface area contributed by atoms with Gasteiger partial charge in [0.2, 0.25) is 0 Å². The summed E-state index contributed by atoms with van der Waals surface area (Å²) in [6.07, 6.45) is 0.691. The van der Waals surface area contributed by atoms with Crippen LogP contribution < -0.4 is 0 Å². The Hall–Kier alpha value is -1.44. The minimum Gasteiger partial charge on any atom is -0.245 e. The first-order valence-corrected chi connectivity index (χ1v) is 6.19. The highest BCUT2D eigenvalue weighted by Gasteiger charge is 2.09. The molecule has 0 radical (unpaired) electrons. The van der Waals surface area contributed by atoms with Crippen LogP contribution in [0.25, 0.3) is 0 Å². The van der Waals surface area contributed by atoms with Gasteiger partial charge in [0.05, 0.1) is 28.2 Å². The fourth-order valence-electron chi connectivity index (χ4n) is 1.44. The van der Waals surface area contributed by atoms with Crippen molar-refractivity contribution < 1.29 is 4.39 Å². The predicted molar refractivity (Wildman–Crippen MR) is 65.6 cm³/mol. The van der Waals surface area contributed by atoms with Crippen LogP contribution in [0.15, 0.2) is 23.6 Å². The van der Waals surface area contributed by atoms with Gasteiger partial charge in [-0.15, -0.1) is 11.3 Å². The Morgan fingerprint density at radius 3 is 3.06 bits per heavy atom. The summed E-state index contributed by atoms with van der Waals surface area (Å²) in [6, 6.07) is 6.95. The van der Waals surface area contributed by atoms with Crippen molar-refractivity contribution in [3.63, 3.8) is 0 Å². The molecule has 1 aromatic carbocycles. The molecule has 0 N–H and O–H groups in total. The van der Waals surface area contributed by atoms with E-state index in [0.29, 0.717) is 12.0 Å². The molecule has 2 nitrogen and oxygen atoms in total. The number of nitrogens with zero attached hydrogens (tertiary/aromatic N) is 2. The average molecular weight is 267 g/mol. The number of rotatable bonds is 3. The SMILES string of the molecule is N#CCc1csc(Cc2cccc(Cl)c2F)n1. The molecule has 17 heavy (non-hydrogen) atoms. The Balaban J connectivity index is 2.20. The lowest BCUT2D eigenvalue weighted by Crippen LogP contribution is -1.93. The number of thiazole rings is 1. The van der Waals surface area contributed by atoms with Gasteiger partial charge in [0, 0.05) is 11.8 Å². The Kier molecular flexibility index (Phi) is 3.72. The zero-order chi connectivity index (χ0) is 12.3. The standard InChI is InChI=1S/C12H8ClFN2S/c13-10-3-1-2-8(12(10)14)6-11-16-9(4-5-15)7-17-11/h1-3,7H,4,6H2. The van der Waals surface area contributed by atoms with Crippen molar-refractivity contribution in [1.82, 2.24) is 4.98 Å². The molecule has 5 heteroatoms. The van der Waals surface area contributed by atoms with Gasteiger partial charge in [0.1, 0.15) is 5.82 Å². The van der Waals surface area contributed by atoms with Crippen molar-refractivity contribution in [3.05, 3.63) is 50.7 Å². The topological polar surface area (TPSA) is 36.7 Å². The summed E-state index contributed by atoms with van der Waals surface area (Å²) < 4.78 is 13.6. The number of halogens is 2. The third kappa shape index (κ3) is 2.82. The average Bonchev–Trinajstić information content (AvgIpc) is 2.73. The van der Waals surface area contributed by atoms with Crippen molar-refractivity contribution >= 4 is 22.9 Å². The van der Waals surface area contributed by atoms with Crippen molar-refractivity contribution in [3.8, 4) is 6.07 Å². The molecule has 0 saturated heterocycles. The second-order valence-corrected chi connectivity index (χ2v) is 4.81. The van der Waals surface area contributed by atoms with E-state index >= 15 is 0 Å². The first kappa shape index (κ1) is 12.0. The maximum Gasteiger partial charge on any atom is 0.145 e. The van der Waals surface area contributed by atoms with E-state index < -0.39 is 5.82 Å². The lowest BCUT2D eigenvalue weighted by molar-refractivity contribution is 0.614. The number of hydrogen-bond donors (Lipinski definition) is 0. The Labute approximate surface area is 107 Å². The molecule has 0 atom stereocenters. The molecule has 2 rings (SSSR count). The molecule has 1 aromatic heterocycles. The molecule has 0 saturated carbocycles. The number of benzene rings is 1. The molecule has 0 bridgehead atoms. The highest BCUT2D eigenvalue weighted by Crippen LogP contribution is 2.22. The quantitative estimate of drug-likeness (QED) is 0.851. The predicted octanol–water partition coefficient (Wildman–Crippen LogP) is 3.59. The first-order valence-electron chi connectivity index (χ1n) is 4.94. The van der Waals surface area contributed by atoms with Crippen LogP contribution in [0.2, 0.25) is 5.02 Å². The summed E-state index contributed by atoms with van der Waals surface area (Å²) in [5, 5.41) is 11.3. The van der Waals surface area contributed by atoms with Crippen LogP contribution in [0, 0.1) is 17.1 Å². The Bertz CT molecular complexity index is 574. The number of hydrogen-bond acceptors (Lipinski definition) is 3. The van der Waals surface area contributed by atoms with Gasteiger partial charge in [0.25, 0.3) is 0 Å². The van der Waals surface area contributed by atoms with Crippen LogP contribution in [-0.2, 0) is 12.8 Å². The van der Waals surface area contributed by atoms with Crippen LogP contribution >= 0.6 is 22.9 Å². The van der Waals surface area contributed by atoms with Crippen molar-refractivity contribution in [2.45, 2.75) is 12.8 Å². The van der Waals surface area contributed by atoms with Gasteiger partial charge >= 0.3 is 0 Å². The second kappa shape index (κ2) is 5.26. The van der Waals surface area contributed by atoms with Gasteiger partial charge in [-0.2, -0.15) is 5.26 Å². The van der Waals surface area contributed by atoms with Crippen molar-refractivity contribution in [1.29, 1.82) is 5.26 Å². The van der Waals surface area contributed by atoms with Gasteiger partial charge in [-0.3, -0.25) is 0 Å². The van der Waals surface area contributed by atoms with E-state index in [1.807, 2.05) is 11.4 Å². The molecule has 0 aliphatic carbocycles. The molecule has 1 heterocycles. The summed E-state index contributed by atoms with van der Waals surface area (Å²) in [5.74, 6) is -0.397. The van der Waals surface area contributed by atoms with E-state index in [2.05, 4.69) is 4.98 Å². The minimum absolute atomic E-state index is 0.122. The molecular formula is C12H8ClFN2S. The summed E-state index contributed by atoms with van der Waals surface area (Å²) >= 11 is 7.13. The van der Waals surface area contributed by atoms with E-state index in [0.717, 1.165) is 10.7 Å². The van der Waals surface area contributed by atoms with Crippen LogP contribution in [-0.4, -0.2) is 4.98 Å². The molecule has 0 aliphatic heterocycles. The molecule has 0 fully saturated rings. The van der Waals surface area contributed by atoms with Gasteiger partial charge < -0.3 is 0 Å². The van der Waals surface area contributed by atoms with E-state index in [4.69, 9.17) is 16.9 Å². The fraction of sp³-hybridized carbons (Fsp3) is 0.167. The summed E-state index contributed by atoms with van der Waals surface area (Å²) in [4.78, 5) is 4.25. The molecule has 86 valence electrons. The lowest BCUT2D eigenvalue weighted by Gasteiger charge is -2.01. The highest BCUT2D eigenvalue weighted by molar-refractivity contribution is 7.09. The second-order valence-electron chi connectivity index (χ2n) is 3.46. The minimum atomic E-state index is -0.397. The van der Waals surface area contributed by atoms with E-state index in [9.17, 15) is 4.39 Å². The van der Waals surface area contributed by atoms with Crippen LogP contribution in [0.4, 0.5) is 4.39 Å². The monoisotopic (exact) mass is 266 g/mol. The number of nitriles is 1. The third-order valence-electron chi connectivity index (χ3n) is 2.23. The largest absolute Gasteiger partial charge is 0.245 e. The van der Waals surface area contributed by atoms with E-state index in [-0.39, 0.29) is 11.4 Å². The summed E-state index contributed by atoms with van der Waals surface area (Å²) in [7, 11) is 0. The van der Waals surface area contributed by atoms with Crippen molar-refractivity contribution in [2.75, 3.05) is 0 Å². The third-order valence-corrected chi connectivity index (χ3v) is 3.42. The van der Waals surface area contributed by atoms with E-state index in [1.54, 1.807) is 12.1 Å². The van der Waals surface area contributed by atoms with Gasteiger partial charge in [-0.05, 0) is 11.6 Å². The molecular weight excluding hydrogens is 259 g/mol. The maximum absolute atomic E-state index is 13.6. The van der Waals surface area contributed by atoms with Crippen molar-refractivity contribution in [2.24, 2.45) is 0 Å². The molecule has 2 aromatic rings. The van der Waals surface area contributed by atoms with Gasteiger partial charge in [-0.1, -0.05) is 23.7 Å². The van der Waals surface area contributed by atoms with Crippen LogP contribution in [0.5, 0.6) is 0 Å². The van der Waals surface area contributed by atoms with E-state index in [1.165, 1.54) is 17.4 Å². The Morgan fingerprint density at radius 2 is 2.29 bits per heavy atom. The Morgan fingerprint density at radius 1 is 1.47 bits per heavy atom. The summed E-state index contributed by atoms with van der Waals surface area (Å²) in [6.45, 7) is 0. The number of aromatic nitrogens is 1. The zero-order valence-electron chi connectivity index (χ0n) is 8.78. The molecule has 0 spiro atoms. The van der Waals surface area contributed by atoms with Gasteiger partial charge in [0.15, 0.2) is 0 Å².